The maximum atomic E-state index is 13.0. The van der Waals surface area contributed by atoms with Crippen LogP contribution in [0.2, 0.25) is 0 Å². The average Bonchev–Trinajstić information content (AvgIpc) is 2.76. The molecule has 3 rings (SSSR count). The van der Waals surface area contributed by atoms with E-state index < -0.39 is 35.0 Å². The van der Waals surface area contributed by atoms with Crippen molar-refractivity contribution in [1.29, 1.82) is 0 Å². The van der Waals surface area contributed by atoms with Crippen molar-refractivity contribution < 1.29 is 46.1 Å². The first-order valence-electron chi connectivity index (χ1n) is 10.5. The molecular formula is C26H20F6O4. The van der Waals surface area contributed by atoms with Crippen LogP contribution in [0.15, 0.2) is 54.6 Å². The summed E-state index contributed by atoms with van der Waals surface area (Å²) in [5, 5.41) is 20.2. The quantitative estimate of drug-likeness (QED) is 0.160. The second-order valence-electron chi connectivity index (χ2n) is 8.21. The number of ether oxygens (including phenoxy) is 1. The molecule has 0 fully saturated rings. The Morgan fingerprint density at radius 2 is 1.25 bits per heavy atom. The van der Waals surface area contributed by atoms with Gasteiger partial charge in [-0.25, -0.2) is 4.79 Å². The van der Waals surface area contributed by atoms with Crippen molar-refractivity contribution in [1.82, 2.24) is 0 Å². The summed E-state index contributed by atoms with van der Waals surface area (Å²) in [5.41, 5.74) is -2.62. The van der Waals surface area contributed by atoms with E-state index in [1.54, 1.807) is 12.2 Å². The number of benzene rings is 3. The van der Waals surface area contributed by atoms with Crippen molar-refractivity contribution in [3.63, 3.8) is 0 Å². The highest BCUT2D eigenvalue weighted by Gasteiger charge is 2.37. The number of phenols is 2. The van der Waals surface area contributed by atoms with E-state index in [4.69, 9.17) is 4.74 Å². The van der Waals surface area contributed by atoms with Crippen molar-refractivity contribution in [3.8, 4) is 17.2 Å². The predicted octanol–water partition coefficient (Wildman–Crippen LogP) is 7.65. The van der Waals surface area contributed by atoms with E-state index in [-0.39, 0.29) is 29.2 Å². The van der Waals surface area contributed by atoms with Gasteiger partial charge in [-0.2, -0.15) is 26.3 Å². The molecule has 0 aliphatic heterocycles. The lowest BCUT2D eigenvalue weighted by Crippen LogP contribution is -2.15. The van der Waals surface area contributed by atoms with Gasteiger partial charge in [-0.1, -0.05) is 38.1 Å². The Kier molecular flexibility index (Phi) is 7.38. The second kappa shape index (κ2) is 9.96. The van der Waals surface area contributed by atoms with E-state index in [9.17, 15) is 41.4 Å². The number of phenolic OH excluding ortho intramolecular Hbond substituents is 2. The molecule has 0 heterocycles. The van der Waals surface area contributed by atoms with E-state index in [0.717, 1.165) is 0 Å². The summed E-state index contributed by atoms with van der Waals surface area (Å²) in [4.78, 5) is 12.3. The molecule has 10 heteroatoms. The summed E-state index contributed by atoms with van der Waals surface area (Å²) < 4.78 is 83.0. The van der Waals surface area contributed by atoms with E-state index in [1.807, 2.05) is 13.8 Å². The standard InChI is InChI=1S/C26H20F6O4/c1-14(2)23-21(33)9-16(10-22(23)34)4-3-15-5-7-20(8-6-15)36-24(35)17-11-18(25(27,28)29)13-19(12-17)26(30,31)32/h3-14,33-34H,1-2H3/b4-3+. The van der Waals surface area contributed by atoms with Gasteiger partial charge >= 0.3 is 18.3 Å². The largest absolute Gasteiger partial charge is 0.507 e. The maximum Gasteiger partial charge on any atom is 0.416 e. The Balaban J connectivity index is 1.78. The molecule has 36 heavy (non-hydrogen) atoms. The Morgan fingerprint density at radius 1 is 0.778 bits per heavy atom. The zero-order valence-electron chi connectivity index (χ0n) is 18.9. The minimum atomic E-state index is -5.09. The zero-order chi connectivity index (χ0) is 26.8. The minimum Gasteiger partial charge on any atom is -0.507 e. The first-order valence-corrected chi connectivity index (χ1v) is 10.5. The molecular weight excluding hydrogens is 490 g/mol. The normalized spacial score (nSPS) is 12.4. The smallest absolute Gasteiger partial charge is 0.416 e. The van der Waals surface area contributed by atoms with Crippen LogP contribution in [-0.4, -0.2) is 16.2 Å². The summed E-state index contributed by atoms with van der Waals surface area (Å²) in [6.45, 7) is 3.64. The van der Waals surface area contributed by atoms with E-state index in [0.29, 0.717) is 28.8 Å². The highest BCUT2D eigenvalue weighted by Crippen LogP contribution is 2.37. The SMILES string of the molecule is CC(C)c1c(O)cc(/C=C/c2ccc(OC(=O)c3cc(C(F)(F)F)cc(C(F)(F)F)c3)cc2)cc1O. The van der Waals surface area contributed by atoms with Crippen LogP contribution in [0.1, 0.15) is 57.9 Å². The minimum absolute atomic E-state index is 0.0600. The van der Waals surface area contributed by atoms with Gasteiger partial charge in [0.15, 0.2) is 0 Å². The fraction of sp³-hybridized carbons (Fsp3) is 0.192. The van der Waals surface area contributed by atoms with Crippen LogP contribution in [0.25, 0.3) is 12.2 Å². The van der Waals surface area contributed by atoms with Crippen LogP contribution in [0.4, 0.5) is 26.3 Å². The number of alkyl halides is 6. The van der Waals surface area contributed by atoms with E-state index in [1.165, 1.54) is 36.4 Å². The molecule has 3 aromatic carbocycles. The van der Waals surface area contributed by atoms with Crippen LogP contribution in [0.3, 0.4) is 0 Å². The number of carbonyl (C=O) groups excluding carboxylic acids is 1. The Labute approximate surface area is 202 Å². The lowest BCUT2D eigenvalue weighted by Gasteiger charge is -2.14. The average molecular weight is 510 g/mol. The lowest BCUT2D eigenvalue weighted by atomic mass is 9.98. The van der Waals surface area contributed by atoms with Gasteiger partial charge in [-0.05, 0) is 59.5 Å². The molecule has 190 valence electrons. The van der Waals surface area contributed by atoms with Gasteiger partial charge in [0.25, 0.3) is 0 Å². The maximum absolute atomic E-state index is 13.0. The molecule has 0 atom stereocenters. The van der Waals surface area contributed by atoms with Gasteiger partial charge in [-0.3, -0.25) is 0 Å². The monoisotopic (exact) mass is 510 g/mol. The van der Waals surface area contributed by atoms with Crippen molar-refractivity contribution in [2.45, 2.75) is 32.1 Å². The first-order chi connectivity index (χ1) is 16.6. The van der Waals surface area contributed by atoms with Crippen LogP contribution in [-0.2, 0) is 12.4 Å². The van der Waals surface area contributed by atoms with Crippen LogP contribution < -0.4 is 4.74 Å². The number of hydrogen-bond donors (Lipinski definition) is 2. The third kappa shape index (κ3) is 6.38. The molecule has 0 aromatic heterocycles. The molecule has 3 aromatic rings. The summed E-state index contributed by atoms with van der Waals surface area (Å²) in [7, 11) is 0. The van der Waals surface area contributed by atoms with E-state index in [2.05, 4.69) is 0 Å². The number of hydrogen-bond acceptors (Lipinski definition) is 4. The summed E-state index contributed by atoms with van der Waals surface area (Å²) in [6, 6.07) is 9.09. The third-order valence-corrected chi connectivity index (χ3v) is 5.12. The Bertz CT molecular complexity index is 1230. The fourth-order valence-corrected chi connectivity index (χ4v) is 3.41. The van der Waals surface area contributed by atoms with Crippen LogP contribution in [0.5, 0.6) is 17.2 Å². The van der Waals surface area contributed by atoms with Crippen LogP contribution in [0, 0.1) is 0 Å². The fourth-order valence-electron chi connectivity index (χ4n) is 3.41. The molecule has 0 radical (unpaired) electrons. The highest BCUT2D eigenvalue weighted by molar-refractivity contribution is 5.91. The number of aromatic hydroxyl groups is 2. The zero-order valence-corrected chi connectivity index (χ0v) is 18.9. The predicted molar refractivity (Wildman–Crippen MR) is 121 cm³/mol. The Hall–Kier alpha value is -3.95. The van der Waals surface area contributed by atoms with E-state index >= 15 is 0 Å². The molecule has 0 aliphatic rings. The van der Waals surface area contributed by atoms with Gasteiger partial charge < -0.3 is 14.9 Å². The van der Waals surface area contributed by atoms with Crippen molar-refractivity contribution in [3.05, 3.63) is 88.0 Å². The third-order valence-electron chi connectivity index (χ3n) is 5.12. The van der Waals surface area contributed by atoms with Gasteiger partial charge in [0.1, 0.15) is 17.2 Å². The van der Waals surface area contributed by atoms with Gasteiger partial charge in [0.05, 0.1) is 16.7 Å². The molecule has 4 nitrogen and oxygen atoms in total. The summed E-state index contributed by atoms with van der Waals surface area (Å²) >= 11 is 0. The van der Waals surface area contributed by atoms with Gasteiger partial charge in [0, 0.05) is 5.56 Å². The summed E-state index contributed by atoms with van der Waals surface area (Å²) in [6.07, 6.45) is -6.96. The second-order valence-corrected chi connectivity index (χ2v) is 8.21. The Morgan fingerprint density at radius 3 is 1.69 bits per heavy atom. The molecule has 2 N–H and O–H groups in total. The van der Waals surface area contributed by atoms with Crippen molar-refractivity contribution in [2.75, 3.05) is 0 Å². The van der Waals surface area contributed by atoms with Gasteiger partial charge in [0.2, 0.25) is 0 Å². The van der Waals surface area contributed by atoms with Crippen molar-refractivity contribution in [2.24, 2.45) is 0 Å². The topological polar surface area (TPSA) is 66.8 Å². The molecule has 0 unspecified atom stereocenters. The molecule has 0 spiro atoms. The highest BCUT2D eigenvalue weighted by atomic mass is 19.4. The lowest BCUT2D eigenvalue weighted by molar-refractivity contribution is -0.143. The molecule has 0 saturated carbocycles. The summed E-state index contributed by atoms with van der Waals surface area (Å²) in [5.74, 6) is -1.69. The number of rotatable bonds is 5. The number of carbonyl (C=O) groups is 1. The molecule has 0 saturated heterocycles. The van der Waals surface area contributed by atoms with Gasteiger partial charge in [-0.15, -0.1) is 0 Å². The number of esters is 1. The number of halogens is 6. The van der Waals surface area contributed by atoms with Crippen molar-refractivity contribution >= 4 is 18.1 Å². The molecule has 0 amide bonds. The first kappa shape index (κ1) is 26.7. The van der Waals surface area contributed by atoms with Crippen LogP contribution >= 0.6 is 0 Å². The molecule has 0 aliphatic carbocycles. The molecule has 0 bridgehead atoms.